The largest absolute Gasteiger partial charge is 0.293 e. The number of nitrogens with zero attached hydrogens (tertiary/aromatic N) is 5. The molecular weight excluding hydrogens is 172 g/mol. The minimum atomic E-state index is -0.401. The minimum Gasteiger partial charge on any atom is -0.265 e. The van der Waals surface area contributed by atoms with E-state index < -0.39 is 5.56 Å². The highest BCUT2D eigenvalue weighted by Gasteiger charge is 2.12. The number of nitriles is 1. The molecule has 0 aliphatic rings. The Morgan fingerprint density at radius 3 is 3.08 bits per heavy atom. The molecule has 0 spiro atoms. The summed E-state index contributed by atoms with van der Waals surface area (Å²) in [5, 5.41) is 21.6. The van der Waals surface area contributed by atoms with Crippen LogP contribution < -0.4 is 5.56 Å². The standard InChI is InChI=1S/C6H4N6O/c1-12-5-4(3(2-7)10-12)8-11-9-6(5)13/h1H3,(H,8,9,13). The van der Waals surface area contributed by atoms with Crippen LogP contribution in [0.5, 0.6) is 0 Å². The van der Waals surface area contributed by atoms with Crippen molar-refractivity contribution in [2.45, 2.75) is 0 Å². The van der Waals surface area contributed by atoms with Crippen molar-refractivity contribution < 1.29 is 0 Å². The van der Waals surface area contributed by atoms with Gasteiger partial charge in [-0.2, -0.15) is 10.4 Å². The topological polar surface area (TPSA) is 100 Å². The Kier molecular flexibility index (Phi) is 1.36. The molecule has 0 amide bonds. The highest BCUT2D eigenvalue weighted by molar-refractivity contribution is 5.78. The monoisotopic (exact) mass is 176 g/mol. The third kappa shape index (κ3) is 0.888. The second-order valence-corrected chi connectivity index (χ2v) is 2.42. The van der Waals surface area contributed by atoms with Gasteiger partial charge in [0.1, 0.15) is 6.07 Å². The van der Waals surface area contributed by atoms with E-state index in [1.807, 2.05) is 6.07 Å². The summed E-state index contributed by atoms with van der Waals surface area (Å²) in [6, 6.07) is 1.83. The summed E-state index contributed by atoms with van der Waals surface area (Å²) in [6.07, 6.45) is 0. The number of rotatable bonds is 0. The first-order chi connectivity index (χ1) is 6.24. The summed E-state index contributed by atoms with van der Waals surface area (Å²) in [6.45, 7) is 0. The van der Waals surface area contributed by atoms with E-state index in [1.165, 1.54) is 4.68 Å². The van der Waals surface area contributed by atoms with Crippen molar-refractivity contribution in [3.8, 4) is 6.07 Å². The number of H-pyrrole nitrogens is 1. The van der Waals surface area contributed by atoms with Gasteiger partial charge in [0, 0.05) is 7.05 Å². The Bertz CT molecular complexity index is 558. The van der Waals surface area contributed by atoms with Gasteiger partial charge in [-0.25, -0.2) is 5.10 Å². The smallest absolute Gasteiger partial charge is 0.265 e. The molecule has 64 valence electrons. The van der Waals surface area contributed by atoms with Gasteiger partial charge in [0.05, 0.1) is 0 Å². The zero-order chi connectivity index (χ0) is 9.42. The number of hydrogen-bond donors (Lipinski definition) is 1. The molecule has 0 saturated carbocycles. The first-order valence-corrected chi connectivity index (χ1v) is 3.42. The van der Waals surface area contributed by atoms with Crippen molar-refractivity contribution in [2.75, 3.05) is 0 Å². The van der Waals surface area contributed by atoms with Crippen LogP contribution in [0, 0.1) is 11.3 Å². The van der Waals surface area contributed by atoms with Gasteiger partial charge in [-0.15, -0.1) is 5.10 Å². The van der Waals surface area contributed by atoms with Crippen molar-refractivity contribution in [3.05, 3.63) is 16.0 Å². The minimum absolute atomic E-state index is 0.108. The average Bonchev–Trinajstić information content (AvgIpc) is 2.44. The summed E-state index contributed by atoms with van der Waals surface area (Å²) in [5.74, 6) is 0. The Hall–Kier alpha value is -2.23. The third-order valence-electron chi connectivity index (χ3n) is 1.64. The average molecular weight is 176 g/mol. The van der Waals surface area contributed by atoms with Crippen LogP contribution in [0.1, 0.15) is 5.69 Å². The Morgan fingerprint density at radius 1 is 1.62 bits per heavy atom. The van der Waals surface area contributed by atoms with Crippen molar-refractivity contribution in [2.24, 2.45) is 7.05 Å². The Balaban J connectivity index is 3.07. The van der Waals surface area contributed by atoms with Gasteiger partial charge in [0.15, 0.2) is 16.7 Å². The lowest BCUT2D eigenvalue weighted by molar-refractivity contribution is 0.780. The van der Waals surface area contributed by atoms with E-state index >= 15 is 0 Å². The van der Waals surface area contributed by atoms with Gasteiger partial charge in [-0.05, 0) is 0 Å². The molecule has 2 heterocycles. The van der Waals surface area contributed by atoms with Gasteiger partial charge in [-0.1, -0.05) is 5.21 Å². The van der Waals surface area contributed by atoms with Gasteiger partial charge >= 0.3 is 0 Å². The zero-order valence-corrected chi connectivity index (χ0v) is 6.64. The SMILES string of the molecule is Cn1nc(C#N)c2nn[nH]c(=O)c21. The number of fused-ring (bicyclic) bond motifs is 1. The molecule has 0 fully saturated rings. The zero-order valence-electron chi connectivity index (χ0n) is 6.64. The van der Waals surface area contributed by atoms with Crippen LogP contribution in [0.3, 0.4) is 0 Å². The molecule has 7 nitrogen and oxygen atoms in total. The molecule has 0 bridgehead atoms. The van der Waals surface area contributed by atoms with E-state index in [2.05, 4.69) is 20.5 Å². The van der Waals surface area contributed by atoms with Crippen molar-refractivity contribution in [1.82, 2.24) is 25.2 Å². The molecule has 0 aliphatic carbocycles. The summed E-state index contributed by atoms with van der Waals surface area (Å²) in [7, 11) is 1.57. The molecule has 2 aromatic heterocycles. The fourth-order valence-corrected chi connectivity index (χ4v) is 1.11. The van der Waals surface area contributed by atoms with E-state index in [0.29, 0.717) is 0 Å². The first kappa shape index (κ1) is 7.42. The first-order valence-electron chi connectivity index (χ1n) is 3.42. The predicted octanol–water partition coefficient (Wildman–Crippen LogP) is -1.08. The molecule has 1 N–H and O–H groups in total. The molecule has 0 radical (unpaired) electrons. The van der Waals surface area contributed by atoms with Crippen molar-refractivity contribution in [1.29, 1.82) is 5.26 Å². The van der Waals surface area contributed by atoms with Crippen LogP contribution in [0.2, 0.25) is 0 Å². The summed E-state index contributed by atoms with van der Waals surface area (Å²) in [4.78, 5) is 11.2. The number of hydrogen-bond acceptors (Lipinski definition) is 5. The molecule has 0 saturated heterocycles. The van der Waals surface area contributed by atoms with Gasteiger partial charge in [0.2, 0.25) is 0 Å². The van der Waals surface area contributed by atoms with Crippen molar-refractivity contribution in [3.63, 3.8) is 0 Å². The fraction of sp³-hybridized carbons (Fsp3) is 0.167. The van der Waals surface area contributed by atoms with Crippen molar-refractivity contribution >= 4 is 11.0 Å². The molecule has 0 atom stereocenters. The quantitative estimate of drug-likeness (QED) is 0.550. The van der Waals surface area contributed by atoms with E-state index in [1.54, 1.807) is 7.05 Å². The number of nitrogens with one attached hydrogen (secondary N) is 1. The second-order valence-electron chi connectivity index (χ2n) is 2.42. The normalized spacial score (nSPS) is 10.2. The summed E-state index contributed by atoms with van der Waals surface area (Å²) >= 11 is 0. The van der Waals surface area contributed by atoms with E-state index in [9.17, 15) is 4.79 Å². The molecule has 0 aliphatic heterocycles. The van der Waals surface area contributed by atoms with E-state index in [-0.39, 0.29) is 16.7 Å². The van der Waals surface area contributed by atoms with E-state index in [0.717, 1.165) is 0 Å². The third-order valence-corrected chi connectivity index (χ3v) is 1.64. The lowest BCUT2D eigenvalue weighted by atomic mass is 10.4. The number of aryl methyl sites for hydroxylation is 1. The van der Waals surface area contributed by atoms with E-state index in [4.69, 9.17) is 5.26 Å². The van der Waals surface area contributed by atoms with Crippen LogP contribution in [-0.4, -0.2) is 25.2 Å². The molecule has 0 aromatic carbocycles. The Morgan fingerprint density at radius 2 is 2.38 bits per heavy atom. The highest BCUT2D eigenvalue weighted by Crippen LogP contribution is 2.07. The number of aromatic amines is 1. The van der Waals surface area contributed by atoms with Gasteiger partial charge < -0.3 is 0 Å². The summed E-state index contributed by atoms with van der Waals surface area (Å²) in [5.41, 5.74) is 0.193. The maximum Gasteiger partial charge on any atom is 0.293 e. The van der Waals surface area contributed by atoms with Crippen LogP contribution in [0.25, 0.3) is 11.0 Å². The van der Waals surface area contributed by atoms with Crippen LogP contribution in [-0.2, 0) is 7.05 Å². The molecular formula is C6H4N6O. The highest BCUT2D eigenvalue weighted by atomic mass is 16.1. The molecule has 0 unspecified atom stereocenters. The van der Waals surface area contributed by atoms with Crippen LogP contribution in [0.15, 0.2) is 4.79 Å². The Labute approximate surface area is 71.6 Å². The van der Waals surface area contributed by atoms with Gasteiger partial charge in [-0.3, -0.25) is 9.48 Å². The second kappa shape index (κ2) is 2.38. The van der Waals surface area contributed by atoms with Crippen LogP contribution in [0.4, 0.5) is 0 Å². The molecule has 13 heavy (non-hydrogen) atoms. The number of aromatic nitrogens is 5. The summed E-state index contributed by atoms with van der Waals surface area (Å²) < 4.78 is 1.31. The van der Waals surface area contributed by atoms with Crippen LogP contribution >= 0.6 is 0 Å². The maximum absolute atomic E-state index is 11.2. The molecule has 7 heteroatoms. The lowest BCUT2D eigenvalue weighted by Crippen LogP contribution is -2.12. The molecule has 2 aromatic rings. The molecule has 2 rings (SSSR count). The fourth-order valence-electron chi connectivity index (χ4n) is 1.11. The predicted molar refractivity (Wildman–Crippen MR) is 41.6 cm³/mol. The maximum atomic E-state index is 11.2. The lowest BCUT2D eigenvalue weighted by Gasteiger charge is -1.87. The van der Waals surface area contributed by atoms with Gasteiger partial charge in [0.25, 0.3) is 5.56 Å².